The van der Waals surface area contributed by atoms with Crippen molar-refractivity contribution in [3.05, 3.63) is 28.5 Å². The second-order valence-corrected chi connectivity index (χ2v) is 5.03. The van der Waals surface area contributed by atoms with Gasteiger partial charge in [-0.05, 0) is 58.9 Å². The van der Waals surface area contributed by atoms with Crippen LogP contribution in [0, 0.1) is 5.92 Å². The fourth-order valence-electron chi connectivity index (χ4n) is 1.94. The first-order valence-corrected chi connectivity index (χ1v) is 6.53. The Balaban J connectivity index is 1.71. The third kappa shape index (κ3) is 3.85. The lowest BCUT2D eigenvalue weighted by atomic mass is 10.0. The van der Waals surface area contributed by atoms with Crippen molar-refractivity contribution in [3.63, 3.8) is 0 Å². The van der Waals surface area contributed by atoms with Gasteiger partial charge in [0.15, 0.2) is 0 Å². The molecule has 16 heavy (non-hydrogen) atoms. The first kappa shape index (κ1) is 12.0. The number of ether oxygens (including phenoxy) is 1. The summed E-state index contributed by atoms with van der Waals surface area (Å²) in [5, 5.41) is 3.40. The van der Waals surface area contributed by atoms with Crippen LogP contribution >= 0.6 is 15.9 Å². The lowest BCUT2D eigenvalue weighted by molar-refractivity contribution is 0.0782. The number of piperidine rings is 1. The molecular formula is C12H17BrN2O. The zero-order valence-corrected chi connectivity index (χ0v) is 10.9. The van der Waals surface area contributed by atoms with Crippen molar-refractivity contribution in [1.82, 2.24) is 10.3 Å². The van der Waals surface area contributed by atoms with Crippen LogP contribution in [0.4, 0.5) is 0 Å². The molecule has 2 heterocycles. The molecule has 88 valence electrons. The molecular weight excluding hydrogens is 268 g/mol. The minimum Gasteiger partial charge on any atom is -0.376 e. The van der Waals surface area contributed by atoms with Crippen molar-refractivity contribution < 1.29 is 4.74 Å². The predicted octanol–water partition coefficient (Wildman–Crippen LogP) is 2.36. The van der Waals surface area contributed by atoms with Crippen molar-refractivity contribution in [2.75, 3.05) is 19.7 Å². The highest BCUT2D eigenvalue weighted by atomic mass is 79.9. The van der Waals surface area contributed by atoms with E-state index in [1.165, 1.54) is 18.4 Å². The molecule has 1 aliphatic heterocycles. The molecule has 2 rings (SSSR count). The standard InChI is InChI=1S/C12H17BrN2O/c13-12-6-10(3-5-15-12)8-16-9-11-2-1-4-14-7-11/h3,5-6,11,14H,1-2,4,7-9H2/t11-/m1/s1. The molecule has 1 aliphatic rings. The van der Waals surface area contributed by atoms with E-state index in [-0.39, 0.29) is 0 Å². The van der Waals surface area contributed by atoms with Crippen LogP contribution in [0.2, 0.25) is 0 Å². The molecule has 1 N–H and O–H groups in total. The topological polar surface area (TPSA) is 34.1 Å². The third-order valence-electron chi connectivity index (χ3n) is 2.81. The number of hydrogen-bond donors (Lipinski definition) is 1. The summed E-state index contributed by atoms with van der Waals surface area (Å²) >= 11 is 3.35. The average molecular weight is 285 g/mol. The van der Waals surface area contributed by atoms with Crippen LogP contribution in [0.3, 0.4) is 0 Å². The van der Waals surface area contributed by atoms with E-state index in [9.17, 15) is 0 Å². The van der Waals surface area contributed by atoms with Crippen molar-refractivity contribution in [1.29, 1.82) is 0 Å². The smallest absolute Gasteiger partial charge is 0.106 e. The zero-order valence-electron chi connectivity index (χ0n) is 9.29. The quantitative estimate of drug-likeness (QED) is 0.862. The Morgan fingerprint density at radius 1 is 1.56 bits per heavy atom. The molecule has 0 unspecified atom stereocenters. The van der Waals surface area contributed by atoms with Gasteiger partial charge in [-0.3, -0.25) is 0 Å². The van der Waals surface area contributed by atoms with Gasteiger partial charge in [0.25, 0.3) is 0 Å². The van der Waals surface area contributed by atoms with Gasteiger partial charge in [-0.1, -0.05) is 0 Å². The van der Waals surface area contributed by atoms with Gasteiger partial charge < -0.3 is 10.1 Å². The molecule has 1 saturated heterocycles. The van der Waals surface area contributed by atoms with E-state index in [0.717, 1.165) is 24.3 Å². The van der Waals surface area contributed by atoms with Crippen LogP contribution in [0.1, 0.15) is 18.4 Å². The maximum atomic E-state index is 5.73. The number of nitrogens with zero attached hydrogens (tertiary/aromatic N) is 1. The van der Waals surface area contributed by atoms with E-state index in [4.69, 9.17) is 4.74 Å². The largest absolute Gasteiger partial charge is 0.376 e. The molecule has 1 aromatic heterocycles. The minimum atomic E-state index is 0.678. The molecule has 4 heteroatoms. The van der Waals surface area contributed by atoms with Crippen molar-refractivity contribution in [2.45, 2.75) is 19.4 Å². The van der Waals surface area contributed by atoms with E-state index >= 15 is 0 Å². The van der Waals surface area contributed by atoms with Gasteiger partial charge in [0, 0.05) is 12.7 Å². The number of nitrogens with one attached hydrogen (secondary N) is 1. The SMILES string of the molecule is Brc1cc(COC[C@@H]2CCCNC2)ccn1. The fourth-order valence-corrected chi connectivity index (χ4v) is 2.35. The van der Waals surface area contributed by atoms with Crippen LogP contribution in [-0.2, 0) is 11.3 Å². The predicted molar refractivity (Wildman–Crippen MR) is 67.2 cm³/mol. The molecule has 1 aromatic rings. The van der Waals surface area contributed by atoms with E-state index < -0.39 is 0 Å². The minimum absolute atomic E-state index is 0.678. The summed E-state index contributed by atoms with van der Waals surface area (Å²) in [6, 6.07) is 3.99. The van der Waals surface area contributed by atoms with Gasteiger partial charge >= 0.3 is 0 Å². The first-order chi connectivity index (χ1) is 7.84. The summed E-state index contributed by atoms with van der Waals surface area (Å²) in [4.78, 5) is 4.09. The first-order valence-electron chi connectivity index (χ1n) is 5.73. The Morgan fingerprint density at radius 3 is 3.25 bits per heavy atom. The van der Waals surface area contributed by atoms with Crippen LogP contribution in [0.25, 0.3) is 0 Å². The van der Waals surface area contributed by atoms with Crippen LogP contribution in [-0.4, -0.2) is 24.7 Å². The Labute approximate surface area is 105 Å². The average Bonchev–Trinajstić information content (AvgIpc) is 2.30. The molecule has 0 saturated carbocycles. The second kappa shape index (κ2) is 6.33. The van der Waals surface area contributed by atoms with Gasteiger partial charge in [0.2, 0.25) is 0 Å². The molecule has 1 fully saturated rings. The highest BCUT2D eigenvalue weighted by Gasteiger charge is 2.12. The Bertz CT molecular complexity index is 327. The molecule has 0 aromatic carbocycles. The summed E-state index contributed by atoms with van der Waals surface area (Å²) in [6.45, 7) is 3.79. The normalized spacial score (nSPS) is 20.9. The van der Waals surface area contributed by atoms with Crippen molar-refractivity contribution in [3.8, 4) is 0 Å². The van der Waals surface area contributed by atoms with Gasteiger partial charge in [0.1, 0.15) is 4.60 Å². The summed E-state index contributed by atoms with van der Waals surface area (Å²) in [5.41, 5.74) is 1.17. The Kier molecular flexibility index (Phi) is 4.75. The maximum absolute atomic E-state index is 5.73. The summed E-state index contributed by atoms with van der Waals surface area (Å²) < 4.78 is 6.59. The van der Waals surface area contributed by atoms with Crippen molar-refractivity contribution in [2.24, 2.45) is 5.92 Å². The number of aromatic nitrogens is 1. The second-order valence-electron chi connectivity index (χ2n) is 4.21. The van der Waals surface area contributed by atoms with E-state index in [1.54, 1.807) is 6.20 Å². The van der Waals surface area contributed by atoms with Gasteiger partial charge in [-0.15, -0.1) is 0 Å². The molecule has 0 amide bonds. The molecule has 0 spiro atoms. The van der Waals surface area contributed by atoms with E-state index in [0.29, 0.717) is 12.5 Å². The molecule has 0 radical (unpaired) electrons. The molecule has 1 atom stereocenters. The van der Waals surface area contributed by atoms with Crippen LogP contribution in [0.5, 0.6) is 0 Å². The zero-order chi connectivity index (χ0) is 11.2. The van der Waals surface area contributed by atoms with E-state index in [2.05, 4.69) is 26.2 Å². The molecule has 0 aliphatic carbocycles. The van der Waals surface area contributed by atoms with Gasteiger partial charge in [-0.2, -0.15) is 0 Å². The maximum Gasteiger partial charge on any atom is 0.106 e. The summed E-state index contributed by atoms with van der Waals surface area (Å²) in [6.07, 6.45) is 4.35. The monoisotopic (exact) mass is 284 g/mol. The summed E-state index contributed by atoms with van der Waals surface area (Å²) in [5.74, 6) is 0.680. The van der Waals surface area contributed by atoms with Crippen LogP contribution < -0.4 is 5.32 Å². The third-order valence-corrected chi connectivity index (χ3v) is 3.25. The highest BCUT2D eigenvalue weighted by Crippen LogP contribution is 2.12. The number of pyridine rings is 1. The lowest BCUT2D eigenvalue weighted by Crippen LogP contribution is -2.32. The highest BCUT2D eigenvalue weighted by molar-refractivity contribution is 9.10. The Hall–Kier alpha value is -0.450. The molecule has 0 bridgehead atoms. The van der Waals surface area contributed by atoms with E-state index in [1.807, 2.05) is 12.1 Å². The number of rotatable bonds is 4. The summed E-state index contributed by atoms with van der Waals surface area (Å²) in [7, 11) is 0. The number of halogens is 1. The van der Waals surface area contributed by atoms with Crippen molar-refractivity contribution >= 4 is 15.9 Å². The fraction of sp³-hybridized carbons (Fsp3) is 0.583. The molecule has 3 nitrogen and oxygen atoms in total. The number of hydrogen-bond acceptors (Lipinski definition) is 3. The van der Waals surface area contributed by atoms with Gasteiger partial charge in [-0.25, -0.2) is 4.98 Å². The Morgan fingerprint density at radius 2 is 2.50 bits per heavy atom. The van der Waals surface area contributed by atoms with Gasteiger partial charge in [0.05, 0.1) is 13.2 Å². The lowest BCUT2D eigenvalue weighted by Gasteiger charge is -2.22. The van der Waals surface area contributed by atoms with Crippen LogP contribution in [0.15, 0.2) is 22.9 Å².